The van der Waals surface area contributed by atoms with Crippen molar-refractivity contribution < 1.29 is 20.9 Å². The molecule has 6 rings (SSSR count). The van der Waals surface area contributed by atoms with Gasteiger partial charge in [0.2, 0.25) is 0 Å². The van der Waals surface area contributed by atoms with Crippen LogP contribution in [0.1, 0.15) is 87.9 Å². The second kappa shape index (κ2) is 11.7. The van der Waals surface area contributed by atoms with E-state index in [1.54, 1.807) is 22.3 Å². The molecule has 2 aliphatic carbocycles. The van der Waals surface area contributed by atoms with E-state index in [-0.39, 0.29) is 0 Å². The molecule has 0 radical (unpaired) electrons. The van der Waals surface area contributed by atoms with E-state index >= 15 is 0 Å². The summed E-state index contributed by atoms with van der Waals surface area (Å²) in [6, 6.07) is 19.2. The van der Waals surface area contributed by atoms with Crippen LogP contribution in [0.4, 0.5) is 0 Å². The van der Waals surface area contributed by atoms with Crippen LogP contribution in [0.2, 0.25) is 13.1 Å². The predicted octanol–water partition coefficient (Wildman–Crippen LogP) is 11.7. The van der Waals surface area contributed by atoms with Crippen molar-refractivity contribution in [1.29, 1.82) is 0 Å². The Kier molecular flexibility index (Phi) is 8.34. The van der Waals surface area contributed by atoms with Gasteiger partial charge in [0.25, 0.3) is 0 Å². The number of hydrogen-bond acceptors (Lipinski definition) is 0. The van der Waals surface area contributed by atoms with Gasteiger partial charge in [-0.25, -0.2) is 0 Å². The van der Waals surface area contributed by atoms with E-state index in [2.05, 4.69) is 143 Å². The van der Waals surface area contributed by atoms with Gasteiger partial charge in [0.05, 0.1) is 0 Å². The first-order chi connectivity index (χ1) is 20.8. The summed E-state index contributed by atoms with van der Waals surface area (Å²) in [6.07, 6.45) is 5.19. The Morgan fingerprint density at radius 2 is 0.841 bits per heavy atom. The molecular weight excluding hydrogens is 624 g/mol. The molecule has 2 heteroatoms. The SMILES string of the molecule is CC1=Cc2c(-c3c(C)c(C)cc(C)c3C)cccc2[CH]1[Zr]([CH]1C(C)=Cc2c(-c3c(C)c(C)cc(C)c3C)cccc21)[SiH](C)C. The Bertz CT molecular complexity index is 1710. The second-order valence-corrected chi connectivity index (χ2v) is 34.2. The number of aryl methyl sites for hydroxylation is 4. The van der Waals surface area contributed by atoms with Crippen LogP contribution in [0.5, 0.6) is 0 Å². The van der Waals surface area contributed by atoms with Gasteiger partial charge in [-0.05, 0) is 0 Å². The van der Waals surface area contributed by atoms with Gasteiger partial charge in [0.1, 0.15) is 0 Å². The molecule has 0 heterocycles. The summed E-state index contributed by atoms with van der Waals surface area (Å²) in [7, 11) is 0. The molecule has 0 saturated heterocycles. The van der Waals surface area contributed by atoms with Crippen molar-refractivity contribution in [2.45, 2.75) is 89.6 Å². The van der Waals surface area contributed by atoms with Gasteiger partial charge in [-0.3, -0.25) is 0 Å². The first kappa shape index (κ1) is 31.4. The summed E-state index contributed by atoms with van der Waals surface area (Å²) in [5.41, 5.74) is 26.7. The van der Waals surface area contributed by atoms with Crippen molar-refractivity contribution in [2.24, 2.45) is 0 Å². The number of hydrogen-bond donors (Lipinski definition) is 0. The van der Waals surface area contributed by atoms with E-state index in [1.807, 2.05) is 0 Å². The summed E-state index contributed by atoms with van der Waals surface area (Å²) >= 11 is -2.12. The normalized spacial score (nSPS) is 17.1. The third kappa shape index (κ3) is 4.87. The van der Waals surface area contributed by atoms with Crippen molar-refractivity contribution in [2.75, 3.05) is 0 Å². The van der Waals surface area contributed by atoms with Gasteiger partial charge in [0.15, 0.2) is 0 Å². The van der Waals surface area contributed by atoms with E-state index in [9.17, 15) is 0 Å². The molecular formula is C42H49SiZr. The third-order valence-corrected chi connectivity index (χ3v) is 33.3. The zero-order chi connectivity index (χ0) is 31.8. The van der Waals surface area contributed by atoms with E-state index in [0.717, 1.165) is 0 Å². The molecule has 0 bridgehead atoms. The van der Waals surface area contributed by atoms with Crippen LogP contribution in [0.3, 0.4) is 0 Å². The summed E-state index contributed by atoms with van der Waals surface area (Å²) in [6.45, 7) is 28.7. The Morgan fingerprint density at radius 3 is 1.16 bits per heavy atom. The fraction of sp³-hybridized carbons (Fsp3) is 0.333. The van der Waals surface area contributed by atoms with Crippen LogP contribution in [0.15, 0.2) is 59.7 Å². The molecule has 0 saturated carbocycles. The first-order valence-corrected chi connectivity index (χ1v) is 26.5. The Hall–Kier alpha value is -2.54. The maximum absolute atomic E-state index is 2.68. The standard InChI is InChI=1S/2C20H21.C2H7Si.Zr/c2*1-12-9-17-7-6-8-18(19(17)10-12)20-15(4)13(2)11-14(3)16(20)5;1-3-2;/h2*6-11H,1-5H3;3H,1-2H3;. The fourth-order valence-electron chi connectivity index (χ4n) is 8.50. The Morgan fingerprint density at radius 1 is 0.500 bits per heavy atom. The van der Waals surface area contributed by atoms with E-state index in [1.165, 1.54) is 77.9 Å². The van der Waals surface area contributed by atoms with E-state index < -0.39 is 26.8 Å². The van der Waals surface area contributed by atoms with Crippen molar-refractivity contribution in [3.05, 3.63) is 126 Å². The minimum atomic E-state index is -2.12. The molecule has 4 aromatic carbocycles. The Labute approximate surface area is 275 Å². The van der Waals surface area contributed by atoms with Crippen LogP contribution in [0, 0.1) is 55.4 Å². The Balaban J connectivity index is 1.51. The van der Waals surface area contributed by atoms with E-state index in [0.29, 0.717) is 7.25 Å². The molecule has 0 spiro atoms. The zero-order valence-corrected chi connectivity index (χ0v) is 32.6. The predicted molar refractivity (Wildman–Crippen MR) is 193 cm³/mol. The van der Waals surface area contributed by atoms with Crippen molar-refractivity contribution in [3.63, 3.8) is 0 Å². The molecule has 0 amide bonds. The van der Waals surface area contributed by atoms with Crippen LogP contribution in [-0.4, -0.2) is 5.92 Å². The third-order valence-electron chi connectivity index (χ3n) is 11.2. The quantitative estimate of drug-likeness (QED) is 0.185. The van der Waals surface area contributed by atoms with Crippen molar-refractivity contribution in [1.82, 2.24) is 0 Å². The molecule has 2 atom stereocenters. The van der Waals surface area contributed by atoms with Crippen molar-refractivity contribution in [3.8, 4) is 22.3 Å². The maximum atomic E-state index is 2.68. The average molecular weight is 673 g/mol. The van der Waals surface area contributed by atoms with Gasteiger partial charge in [-0.15, -0.1) is 0 Å². The van der Waals surface area contributed by atoms with Crippen LogP contribution in [0.25, 0.3) is 34.4 Å². The molecule has 0 aromatic heterocycles. The van der Waals surface area contributed by atoms with Crippen LogP contribution >= 0.6 is 0 Å². The van der Waals surface area contributed by atoms with Gasteiger partial charge in [-0.2, -0.15) is 0 Å². The molecule has 0 fully saturated rings. The molecule has 225 valence electrons. The number of benzene rings is 4. The minimum absolute atomic E-state index is 0.651. The van der Waals surface area contributed by atoms with Crippen LogP contribution < -0.4 is 0 Å². The summed E-state index contributed by atoms with van der Waals surface area (Å²) < 4.78 is 1.30. The molecule has 2 aliphatic rings. The van der Waals surface area contributed by atoms with E-state index in [4.69, 9.17) is 0 Å². The molecule has 2 unspecified atom stereocenters. The fourth-order valence-corrected chi connectivity index (χ4v) is 31.7. The molecule has 0 N–H and O–H groups in total. The molecule has 44 heavy (non-hydrogen) atoms. The monoisotopic (exact) mass is 671 g/mol. The number of allylic oxidation sites excluding steroid dienone is 2. The number of fused-ring (bicyclic) bond motifs is 2. The van der Waals surface area contributed by atoms with Crippen LogP contribution in [-0.2, 0) is 20.9 Å². The first-order valence-electron chi connectivity index (χ1n) is 16.5. The van der Waals surface area contributed by atoms with Gasteiger partial charge in [0, 0.05) is 0 Å². The van der Waals surface area contributed by atoms with Gasteiger partial charge in [-0.1, -0.05) is 0 Å². The molecule has 0 aliphatic heterocycles. The molecule has 0 nitrogen and oxygen atoms in total. The van der Waals surface area contributed by atoms with Crippen molar-refractivity contribution >= 4 is 18.1 Å². The zero-order valence-electron chi connectivity index (χ0n) is 29.0. The topological polar surface area (TPSA) is 0 Å². The van der Waals surface area contributed by atoms with Gasteiger partial charge < -0.3 is 0 Å². The molecule has 4 aromatic rings. The van der Waals surface area contributed by atoms with Gasteiger partial charge >= 0.3 is 277 Å². The summed E-state index contributed by atoms with van der Waals surface area (Å²) in [5.74, 6) is -0.922. The average Bonchev–Trinajstić information content (AvgIpc) is 3.48. The summed E-state index contributed by atoms with van der Waals surface area (Å²) in [5, 5.41) is 0. The summed E-state index contributed by atoms with van der Waals surface area (Å²) in [4.78, 5) is 0. The number of rotatable bonds is 5. The second-order valence-electron chi connectivity index (χ2n) is 14.2.